The van der Waals surface area contributed by atoms with Crippen LogP contribution in [0.25, 0.3) is 5.69 Å². The van der Waals surface area contributed by atoms with Gasteiger partial charge in [0.15, 0.2) is 5.16 Å². The molecule has 2 amide bonds. The average Bonchev–Trinajstić information content (AvgIpc) is 3.20. The van der Waals surface area contributed by atoms with Crippen LogP contribution in [-0.4, -0.2) is 45.4 Å². The largest absolute Gasteiger partial charge is 0.354 e. The number of amides is 2. The summed E-state index contributed by atoms with van der Waals surface area (Å²) in [5, 5.41) is 14.6. The standard InChI is InChI=1S/C21H21ClFN5O2S/c1-14-5-6-17(11-18(14)22)28-13-26-27-21(28)31-12-20(30)25-8-7-24-19(29)10-15-3-2-4-16(23)9-15/h2-6,9,11,13H,7-8,10,12H2,1H3,(H,24,29)(H,25,30). The summed E-state index contributed by atoms with van der Waals surface area (Å²) in [6.45, 7) is 2.49. The van der Waals surface area contributed by atoms with Crippen molar-refractivity contribution < 1.29 is 14.0 Å². The molecule has 1 heterocycles. The Morgan fingerprint density at radius 2 is 1.90 bits per heavy atom. The zero-order chi connectivity index (χ0) is 22.2. The van der Waals surface area contributed by atoms with Crippen molar-refractivity contribution in [2.75, 3.05) is 18.8 Å². The number of aryl methyl sites for hydroxylation is 1. The summed E-state index contributed by atoms with van der Waals surface area (Å²) >= 11 is 7.43. The zero-order valence-electron chi connectivity index (χ0n) is 16.8. The number of rotatable bonds is 9. The van der Waals surface area contributed by atoms with Crippen molar-refractivity contribution in [1.82, 2.24) is 25.4 Å². The lowest BCUT2D eigenvalue weighted by atomic mass is 10.1. The highest BCUT2D eigenvalue weighted by molar-refractivity contribution is 7.99. The van der Waals surface area contributed by atoms with Crippen molar-refractivity contribution in [3.8, 4) is 5.69 Å². The van der Waals surface area contributed by atoms with E-state index >= 15 is 0 Å². The van der Waals surface area contributed by atoms with Crippen LogP contribution >= 0.6 is 23.4 Å². The summed E-state index contributed by atoms with van der Waals surface area (Å²) in [7, 11) is 0. The highest BCUT2D eigenvalue weighted by Crippen LogP contribution is 2.23. The number of halogens is 2. The molecule has 3 rings (SSSR count). The van der Waals surface area contributed by atoms with Crippen LogP contribution in [-0.2, 0) is 16.0 Å². The Morgan fingerprint density at radius 3 is 2.65 bits per heavy atom. The molecule has 0 aliphatic rings. The van der Waals surface area contributed by atoms with Crippen LogP contribution in [0.5, 0.6) is 0 Å². The second-order valence-electron chi connectivity index (χ2n) is 6.71. The smallest absolute Gasteiger partial charge is 0.230 e. The molecule has 31 heavy (non-hydrogen) atoms. The molecular formula is C21H21ClFN5O2S. The normalized spacial score (nSPS) is 10.7. The molecule has 2 aromatic carbocycles. The Morgan fingerprint density at radius 1 is 1.13 bits per heavy atom. The average molecular weight is 462 g/mol. The van der Waals surface area contributed by atoms with Crippen LogP contribution < -0.4 is 10.6 Å². The molecule has 0 atom stereocenters. The van der Waals surface area contributed by atoms with Gasteiger partial charge in [-0.2, -0.15) is 0 Å². The lowest BCUT2D eigenvalue weighted by Gasteiger charge is -2.09. The number of hydrogen-bond donors (Lipinski definition) is 2. The summed E-state index contributed by atoms with van der Waals surface area (Å²) in [4.78, 5) is 24.0. The summed E-state index contributed by atoms with van der Waals surface area (Å²) in [6, 6.07) is 11.5. The van der Waals surface area contributed by atoms with Gasteiger partial charge in [-0.3, -0.25) is 14.2 Å². The van der Waals surface area contributed by atoms with E-state index in [1.54, 1.807) is 23.0 Å². The van der Waals surface area contributed by atoms with Gasteiger partial charge >= 0.3 is 0 Å². The molecule has 0 saturated heterocycles. The maximum Gasteiger partial charge on any atom is 0.230 e. The topological polar surface area (TPSA) is 88.9 Å². The van der Waals surface area contributed by atoms with E-state index in [2.05, 4.69) is 20.8 Å². The number of aromatic nitrogens is 3. The second-order valence-corrected chi connectivity index (χ2v) is 8.06. The van der Waals surface area contributed by atoms with E-state index in [0.717, 1.165) is 11.3 Å². The van der Waals surface area contributed by atoms with Gasteiger partial charge in [0.2, 0.25) is 11.8 Å². The van der Waals surface area contributed by atoms with Gasteiger partial charge in [-0.25, -0.2) is 4.39 Å². The van der Waals surface area contributed by atoms with Gasteiger partial charge in [0.05, 0.1) is 17.9 Å². The number of nitrogens with zero attached hydrogens (tertiary/aromatic N) is 3. The second kappa shape index (κ2) is 10.9. The quantitative estimate of drug-likeness (QED) is 0.378. The van der Waals surface area contributed by atoms with E-state index in [-0.39, 0.29) is 42.9 Å². The molecule has 3 aromatic rings. The minimum atomic E-state index is -0.378. The fraction of sp³-hybridized carbons (Fsp3) is 0.238. The molecule has 0 fully saturated rings. The summed E-state index contributed by atoms with van der Waals surface area (Å²) in [6.07, 6.45) is 1.65. The summed E-state index contributed by atoms with van der Waals surface area (Å²) in [5.74, 6) is -0.661. The van der Waals surface area contributed by atoms with E-state index < -0.39 is 0 Å². The first-order valence-corrected chi connectivity index (χ1v) is 10.9. The van der Waals surface area contributed by atoms with Crippen molar-refractivity contribution in [2.45, 2.75) is 18.5 Å². The Balaban J connectivity index is 1.40. The van der Waals surface area contributed by atoms with Crippen LogP contribution in [0.4, 0.5) is 4.39 Å². The molecule has 0 spiro atoms. The summed E-state index contributed by atoms with van der Waals surface area (Å²) < 4.78 is 14.9. The van der Waals surface area contributed by atoms with Crippen LogP contribution in [0.2, 0.25) is 5.02 Å². The molecule has 1 aromatic heterocycles. The number of carbonyl (C=O) groups is 2. The maximum atomic E-state index is 13.1. The van der Waals surface area contributed by atoms with Crippen molar-refractivity contribution >= 4 is 35.2 Å². The molecule has 0 aliphatic carbocycles. The predicted octanol–water partition coefficient (Wildman–Crippen LogP) is 2.94. The van der Waals surface area contributed by atoms with Crippen molar-refractivity contribution in [1.29, 1.82) is 0 Å². The molecule has 0 saturated carbocycles. The molecule has 0 aliphatic heterocycles. The van der Waals surface area contributed by atoms with Gasteiger partial charge in [0.25, 0.3) is 0 Å². The van der Waals surface area contributed by atoms with Gasteiger partial charge in [-0.15, -0.1) is 10.2 Å². The zero-order valence-corrected chi connectivity index (χ0v) is 18.3. The highest BCUT2D eigenvalue weighted by Gasteiger charge is 2.11. The Hall–Kier alpha value is -2.91. The molecule has 0 unspecified atom stereocenters. The summed E-state index contributed by atoms with van der Waals surface area (Å²) in [5.41, 5.74) is 2.37. The van der Waals surface area contributed by atoms with Gasteiger partial charge in [-0.1, -0.05) is 41.6 Å². The van der Waals surface area contributed by atoms with Crippen molar-refractivity contribution in [2.24, 2.45) is 0 Å². The van der Waals surface area contributed by atoms with Gasteiger partial charge in [-0.05, 0) is 42.3 Å². The van der Waals surface area contributed by atoms with Crippen molar-refractivity contribution in [3.05, 3.63) is 70.8 Å². The van der Waals surface area contributed by atoms with Crippen LogP contribution in [0.15, 0.2) is 53.9 Å². The fourth-order valence-electron chi connectivity index (χ4n) is 2.71. The Labute approximate surface area is 188 Å². The minimum Gasteiger partial charge on any atom is -0.354 e. The monoisotopic (exact) mass is 461 g/mol. The lowest BCUT2D eigenvalue weighted by Crippen LogP contribution is -2.36. The van der Waals surface area contributed by atoms with Crippen LogP contribution in [0.1, 0.15) is 11.1 Å². The number of thioether (sulfide) groups is 1. The Kier molecular flexibility index (Phi) is 8.02. The number of carbonyl (C=O) groups excluding carboxylic acids is 2. The third-order valence-electron chi connectivity index (χ3n) is 4.31. The van der Waals surface area contributed by atoms with E-state index in [0.29, 0.717) is 15.7 Å². The van der Waals surface area contributed by atoms with Crippen LogP contribution in [0, 0.1) is 12.7 Å². The number of hydrogen-bond acceptors (Lipinski definition) is 5. The Bertz CT molecular complexity index is 1080. The fourth-order valence-corrected chi connectivity index (χ4v) is 3.64. The minimum absolute atomic E-state index is 0.0836. The van der Waals surface area contributed by atoms with E-state index in [9.17, 15) is 14.0 Å². The molecule has 0 radical (unpaired) electrons. The number of nitrogens with one attached hydrogen (secondary N) is 2. The molecule has 7 nitrogen and oxygen atoms in total. The molecule has 162 valence electrons. The van der Waals surface area contributed by atoms with Gasteiger partial charge in [0.1, 0.15) is 12.1 Å². The van der Waals surface area contributed by atoms with Gasteiger partial charge in [0, 0.05) is 18.1 Å². The SMILES string of the molecule is Cc1ccc(-n2cnnc2SCC(=O)NCCNC(=O)Cc2cccc(F)c2)cc1Cl. The van der Waals surface area contributed by atoms with E-state index in [1.165, 1.54) is 23.9 Å². The molecule has 2 N–H and O–H groups in total. The first-order valence-electron chi connectivity index (χ1n) is 9.49. The van der Waals surface area contributed by atoms with E-state index in [4.69, 9.17) is 11.6 Å². The molecule has 10 heteroatoms. The van der Waals surface area contributed by atoms with Gasteiger partial charge < -0.3 is 10.6 Å². The van der Waals surface area contributed by atoms with Crippen LogP contribution in [0.3, 0.4) is 0 Å². The first kappa shape index (κ1) is 22.8. The molecule has 0 bridgehead atoms. The predicted molar refractivity (Wildman–Crippen MR) is 118 cm³/mol. The van der Waals surface area contributed by atoms with E-state index in [1.807, 2.05) is 25.1 Å². The number of benzene rings is 2. The third kappa shape index (κ3) is 6.80. The lowest BCUT2D eigenvalue weighted by molar-refractivity contribution is -0.121. The maximum absolute atomic E-state index is 13.1. The third-order valence-corrected chi connectivity index (χ3v) is 5.66. The molecular weight excluding hydrogens is 441 g/mol. The highest BCUT2D eigenvalue weighted by atomic mass is 35.5. The van der Waals surface area contributed by atoms with Crippen molar-refractivity contribution in [3.63, 3.8) is 0 Å². The first-order chi connectivity index (χ1) is 14.9.